The molecule has 5 nitrogen and oxygen atoms in total. The largest absolute Gasteiger partial charge is 0.378 e. The van der Waals surface area contributed by atoms with Gasteiger partial charge in [0.1, 0.15) is 0 Å². The van der Waals surface area contributed by atoms with Crippen LogP contribution in [0.1, 0.15) is 16.8 Å². The predicted molar refractivity (Wildman–Crippen MR) is 77.8 cm³/mol. The van der Waals surface area contributed by atoms with Crippen molar-refractivity contribution in [1.82, 2.24) is 5.32 Å². The molecule has 108 valence electrons. The van der Waals surface area contributed by atoms with Gasteiger partial charge in [-0.3, -0.25) is 4.79 Å². The lowest BCUT2D eigenvalue weighted by Gasteiger charge is -2.45. The van der Waals surface area contributed by atoms with E-state index in [1.807, 2.05) is 43.3 Å². The van der Waals surface area contributed by atoms with Crippen molar-refractivity contribution in [1.29, 1.82) is 0 Å². The van der Waals surface area contributed by atoms with Crippen LogP contribution in [-0.4, -0.2) is 44.8 Å². The van der Waals surface area contributed by atoms with Crippen LogP contribution >= 0.6 is 0 Å². The van der Waals surface area contributed by atoms with Crippen LogP contribution < -0.4 is 16.0 Å². The first-order valence-electron chi connectivity index (χ1n) is 7.03. The molecular weight excluding hydrogens is 254 g/mol. The molecule has 3 N–H and O–H groups in total. The topological polar surface area (TPSA) is 67.6 Å². The minimum absolute atomic E-state index is 0.0171. The molecule has 1 saturated carbocycles. The summed E-state index contributed by atoms with van der Waals surface area (Å²) in [5.74, 6) is 0.330. The lowest BCUT2D eigenvalue weighted by molar-refractivity contribution is -0.0161. The minimum atomic E-state index is -0.0805. The fraction of sp³-hybridized carbons (Fsp3) is 0.533. The van der Waals surface area contributed by atoms with E-state index < -0.39 is 0 Å². The highest BCUT2D eigenvalue weighted by Crippen LogP contribution is 2.37. The predicted octanol–water partition coefficient (Wildman–Crippen LogP) is 0.597. The number of anilines is 1. The molecule has 2 aliphatic rings. The number of ether oxygens (including phenoxy) is 1. The van der Waals surface area contributed by atoms with Gasteiger partial charge in [0.05, 0.1) is 12.1 Å². The lowest BCUT2D eigenvalue weighted by atomic mass is 9.72. The van der Waals surface area contributed by atoms with Gasteiger partial charge in [-0.05, 0) is 24.6 Å². The number of hydrogen-bond acceptors (Lipinski definition) is 4. The van der Waals surface area contributed by atoms with E-state index in [0.29, 0.717) is 11.5 Å². The molecule has 1 heterocycles. The summed E-state index contributed by atoms with van der Waals surface area (Å²) in [6.45, 7) is 0.755. The Morgan fingerprint density at radius 3 is 3.00 bits per heavy atom. The molecule has 1 saturated heterocycles. The van der Waals surface area contributed by atoms with Crippen LogP contribution in [-0.2, 0) is 4.74 Å². The second-order valence-corrected chi connectivity index (χ2v) is 5.81. The number of carbonyl (C=O) groups excluding carboxylic acids is 1. The van der Waals surface area contributed by atoms with Gasteiger partial charge in [-0.15, -0.1) is 0 Å². The second kappa shape index (κ2) is 5.07. The third-order valence-electron chi connectivity index (χ3n) is 4.37. The number of fused-ring (bicyclic) bond motifs is 1. The average molecular weight is 275 g/mol. The molecule has 20 heavy (non-hydrogen) atoms. The summed E-state index contributed by atoms with van der Waals surface area (Å²) in [5.41, 5.74) is 7.77. The van der Waals surface area contributed by atoms with Gasteiger partial charge >= 0.3 is 0 Å². The van der Waals surface area contributed by atoms with Crippen molar-refractivity contribution in [3.8, 4) is 0 Å². The van der Waals surface area contributed by atoms with Crippen LogP contribution in [0.5, 0.6) is 0 Å². The summed E-state index contributed by atoms with van der Waals surface area (Å²) in [4.78, 5) is 14.3. The summed E-state index contributed by atoms with van der Waals surface area (Å²) in [6.07, 6.45) is 1.11. The molecular formula is C15H21N3O2. The minimum Gasteiger partial charge on any atom is -0.378 e. The Morgan fingerprint density at radius 1 is 1.45 bits per heavy atom. The Labute approximate surface area is 119 Å². The van der Waals surface area contributed by atoms with Gasteiger partial charge in [0, 0.05) is 43.9 Å². The number of rotatable bonds is 3. The monoisotopic (exact) mass is 275 g/mol. The Bertz CT molecular complexity index is 518. The fourth-order valence-electron chi connectivity index (χ4n) is 3.09. The van der Waals surface area contributed by atoms with Crippen LogP contribution in [0.25, 0.3) is 0 Å². The van der Waals surface area contributed by atoms with E-state index in [0.717, 1.165) is 18.7 Å². The SMILES string of the molecule is CN(C)c1cccc(C(=O)NC2C(N)C3CCOC32)c1. The highest BCUT2D eigenvalue weighted by molar-refractivity contribution is 5.95. The zero-order valence-electron chi connectivity index (χ0n) is 11.9. The molecule has 1 amide bonds. The molecule has 4 atom stereocenters. The summed E-state index contributed by atoms with van der Waals surface area (Å²) < 4.78 is 5.63. The van der Waals surface area contributed by atoms with Crippen molar-refractivity contribution >= 4 is 11.6 Å². The van der Waals surface area contributed by atoms with Gasteiger partial charge in [-0.2, -0.15) is 0 Å². The maximum absolute atomic E-state index is 12.3. The molecule has 0 bridgehead atoms. The first-order chi connectivity index (χ1) is 9.58. The first kappa shape index (κ1) is 13.4. The third kappa shape index (κ3) is 2.17. The van der Waals surface area contributed by atoms with Crippen molar-refractivity contribution in [3.05, 3.63) is 29.8 Å². The van der Waals surface area contributed by atoms with Crippen molar-refractivity contribution in [2.75, 3.05) is 25.6 Å². The van der Waals surface area contributed by atoms with Gasteiger partial charge in [0.2, 0.25) is 0 Å². The summed E-state index contributed by atoms with van der Waals surface area (Å²) in [7, 11) is 3.91. The summed E-state index contributed by atoms with van der Waals surface area (Å²) in [5, 5.41) is 3.01. The molecule has 1 aliphatic carbocycles. The Kier molecular flexibility index (Phi) is 3.40. The molecule has 1 aliphatic heterocycles. The molecule has 5 heteroatoms. The van der Waals surface area contributed by atoms with Crippen molar-refractivity contribution in [2.24, 2.45) is 11.7 Å². The molecule has 0 spiro atoms. The first-order valence-corrected chi connectivity index (χ1v) is 7.03. The standard InChI is InChI=1S/C15H21N3O2/c1-18(2)10-5-3-4-9(8-10)15(19)17-13-12(16)11-6-7-20-14(11)13/h3-5,8,11-14H,6-7,16H2,1-2H3,(H,17,19). The van der Waals surface area contributed by atoms with Gasteiger partial charge in [0.25, 0.3) is 5.91 Å². The van der Waals surface area contributed by atoms with Gasteiger partial charge in [-0.25, -0.2) is 0 Å². The summed E-state index contributed by atoms with van der Waals surface area (Å²) >= 11 is 0. The van der Waals surface area contributed by atoms with Crippen molar-refractivity contribution in [3.63, 3.8) is 0 Å². The zero-order chi connectivity index (χ0) is 14.3. The lowest BCUT2D eigenvalue weighted by Crippen LogP contribution is -2.68. The molecule has 1 aromatic carbocycles. The molecule has 4 unspecified atom stereocenters. The smallest absolute Gasteiger partial charge is 0.251 e. The van der Waals surface area contributed by atoms with Gasteiger partial charge in [0.15, 0.2) is 0 Å². The number of nitrogens with zero attached hydrogens (tertiary/aromatic N) is 1. The number of hydrogen-bond donors (Lipinski definition) is 2. The Balaban J connectivity index is 1.69. The summed E-state index contributed by atoms with van der Waals surface area (Å²) in [6, 6.07) is 7.52. The second-order valence-electron chi connectivity index (χ2n) is 5.81. The fourth-order valence-corrected chi connectivity index (χ4v) is 3.09. The zero-order valence-corrected chi connectivity index (χ0v) is 11.9. The van der Waals surface area contributed by atoms with Gasteiger partial charge < -0.3 is 20.7 Å². The molecule has 1 aromatic rings. The van der Waals surface area contributed by atoms with E-state index in [9.17, 15) is 4.79 Å². The van der Waals surface area contributed by atoms with Crippen molar-refractivity contribution in [2.45, 2.75) is 24.6 Å². The molecule has 0 radical (unpaired) electrons. The average Bonchev–Trinajstić information content (AvgIpc) is 2.89. The highest BCUT2D eigenvalue weighted by atomic mass is 16.5. The van der Waals surface area contributed by atoms with Crippen LogP contribution in [0.4, 0.5) is 5.69 Å². The maximum Gasteiger partial charge on any atom is 0.251 e. The van der Waals surface area contributed by atoms with E-state index in [4.69, 9.17) is 10.5 Å². The molecule has 3 rings (SSSR count). The number of nitrogens with one attached hydrogen (secondary N) is 1. The van der Waals surface area contributed by atoms with E-state index >= 15 is 0 Å². The van der Waals surface area contributed by atoms with Crippen molar-refractivity contribution < 1.29 is 9.53 Å². The van der Waals surface area contributed by atoms with E-state index in [1.54, 1.807) is 0 Å². The maximum atomic E-state index is 12.3. The Morgan fingerprint density at radius 2 is 2.25 bits per heavy atom. The van der Waals surface area contributed by atoms with Crippen LogP contribution in [0.2, 0.25) is 0 Å². The number of amides is 1. The molecule has 0 aromatic heterocycles. The third-order valence-corrected chi connectivity index (χ3v) is 4.37. The van der Waals surface area contributed by atoms with E-state index in [2.05, 4.69) is 5.32 Å². The van der Waals surface area contributed by atoms with Gasteiger partial charge in [-0.1, -0.05) is 6.07 Å². The number of benzene rings is 1. The number of carbonyl (C=O) groups is 1. The van der Waals surface area contributed by atoms with Crippen LogP contribution in [0.15, 0.2) is 24.3 Å². The number of nitrogens with two attached hydrogens (primary N) is 1. The normalized spacial score (nSPS) is 31.4. The quantitative estimate of drug-likeness (QED) is 0.847. The Hall–Kier alpha value is -1.59. The highest BCUT2D eigenvalue weighted by Gasteiger charge is 2.52. The van der Waals surface area contributed by atoms with Crippen LogP contribution in [0.3, 0.4) is 0 Å². The van der Waals surface area contributed by atoms with Crippen LogP contribution in [0, 0.1) is 5.92 Å². The van der Waals surface area contributed by atoms with E-state index in [1.165, 1.54) is 0 Å². The molecule has 2 fully saturated rings. The van der Waals surface area contributed by atoms with E-state index in [-0.39, 0.29) is 24.1 Å².